The van der Waals surface area contributed by atoms with Gasteiger partial charge in [0.1, 0.15) is 0 Å². The first kappa shape index (κ1) is 16.2. The third kappa shape index (κ3) is 3.20. The highest BCUT2D eigenvalue weighted by Crippen LogP contribution is 2.54. The van der Waals surface area contributed by atoms with Crippen molar-refractivity contribution in [1.82, 2.24) is 9.88 Å². The van der Waals surface area contributed by atoms with Gasteiger partial charge in [-0.1, -0.05) is 18.9 Å². The van der Waals surface area contributed by atoms with Crippen molar-refractivity contribution in [3.63, 3.8) is 0 Å². The number of nitrogens with one attached hydrogen (secondary N) is 1. The zero-order chi connectivity index (χ0) is 16.3. The minimum absolute atomic E-state index is 0.0342. The quantitative estimate of drug-likeness (QED) is 0.874. The number of ether oxygens (including phenoxy) is 1. The standard InChI is InChI=1S/C18H26N2O3/c1-2-23-15-13-14(18(15)9-4-5-10-18)19-16(21)8-12-20-11-6-3-7-17(20)22/h3,6-7,11,14-15H,2,4-5,8-10,12-13H2,1H3,(H,19,21)/t14-,15+/m0/s1. The third-order valence-electron chi connectivity index (χ3n) is 5.50. The Labute approximate surface area is 137 Å². The predicted molar refractivity (Wildman–Crippen MR) is 88.2 cm³/mol. The lowest BCUT2D eigenvalue weighted by molar-refractivity contribution is -0.144. The minimum atomic E-state index is -0.0624. The summed E-state index contributed by atoms with van der Waals surface area (Å²) >= 11 is 0. The maximum absolute atomic E-state index is 12.3. The van der Waals surface area contributed by atoms with E-state index < -0.39 is 0 Å². The molecular formula is C18H26N2O3. The maximum atomic E-state index is 12.3. The molecule has 5 nitrogen and oxygen atoms in total. The molecule has 23 heavy (non-hydrogen) atoms. The van der Waals surface area contributed by atoms with Gasteiger partial charge in [-0.2, -0.15) is 0 Å². The van der Waals surface area contributed by atoms with E-state index >= 15 is 0 Å². The number of aromatic nitrogens is 1. The van der Waals surface area contributed by atoms with Crippen LogP contribution in [0, 0.1) is 5.41 Å². The van der Waals surface area contributed by atoms with E-state index in [0.29, 0.717) is 19.1 Å². The van der Waals surface area contributed by atoms with Gasteiger partial charge in [-0.15, -0.1) is 0 Å². The van der Waals surface area contributed by atoms with Crippen LogP contribution in [0.25, 0.3) is 0 Å². The second-order valence-electron chi connectivity index (χ2n) is 6.72. The Morgan fingerprint density at radius 1 is 1.39 bits per heavy atom. The molecule has 0 unspecified atom stereocenters. The first-order valence-electron chi connectivity index (χ1n) is 8.72. The summed E-state index contributed by atoms with van der Waals surface area (Å²) in [4.78, 5) is 23.9. The van der Waals surface area contributed by atoms with Crippen LogP contribution in [0.1, 0.15) is 45.4 Å². The van der Waals surface area contributed by atoms with Crippen LogP contribution in [0.2, 0.25) is 0 Å². The molecule has 5 heteroatoms. The van der Waals surface area contributed by atoms with Crippen molar-refractivity contribution in [2.45, 2.75) is 64.1 Å². The van der Waals surface area contributed by atoms with E-state index in [4.69, 9.17) is 4.74 Å². The molecule has 0 bridgehead atoms. The number of hydrogen-bond donors (Lipinski definition) is 1. The highest BCUT2D eigenvalue weighted by atomic mass is 16.5. The van der Waals surface area contributed by atoms with E-state index in [1.165, 1.54) is 18.9 Å². The molecule has 0 saturated heterocycles. The Balaban J connectivity index is 1.54. The zero-order valence-corrected chi connectivity index (χ0v) is 13.8. The number of rotatable bonds is 6. The van der Waals surface area contributed by atoms with Crippen LogP contribution < -0.4 is 10.9 Å². The fourth-order valence-electron chi connectivity index (χ4n) is 4.22. The van der Waals surface area contributed by atoms with Gasteiger partial charge in [0.2, 0.25) is 5.91 Å². The van der Waals surface area contributed by atoms with Crippen LogP contribution in [0.15, 0.2) is 29.2 Å². The summed E-state index contributed by atoms with van der Waals surface area (Å²) in [6, 6.07) is 5.28. The van der Waals surface area contributed by atoms with Gasteiger partial charge < -0.3 is 14.6 Å². The van der Waals surface area contributed by atoms with Gasteiger partial charge in [-0.05, 0) is 32.3 Å². The molecule has 1 aromatic rings. The van der Waals surface area contributed by atoms with Gasteiger partial charge in [0.05, 0.1) is 6.10 Å². The third-order valence-corrected chi connectivity index (χ3v) is 5.50. The average molecular weight is 318 g/mol. The summed E-state index contributed by atoms with van der Waals surface area (Å²) in [5.41, 5.74) is 0.0996. The van der Waals surface area contributed by atoms with Crippen molar-refractivity contribution in [2.24, 2.45) is 5.41 Å². The summed E-state index contributed by atoms with van der Waals surface area (Å²) in [6.45, 7) is 3.20. The molecule has 2 atom stereocenters. The van der Waals surface area contributed by atoms with E-state index in [-0.39, 0.29) is 22.9 Å². The molecule has 1 amide bonds. The van der Waals surface area contributed by atoms with E-state index in [1.807, 2.05) is 13.0 Å². The molecular weight excluding hydrogens is 292 g/mol. The van der Waals surface area contributed by atoms with Crippen LogP contribution >= 0.6 is 0 Å². The fraction of sp³-hybridized carbons (Fsp3) is 0.667. The van der Waals surface area contributed by atoms with Crippen LogP contribution in [-0.4, -0.2) is 29.2 Å². The smallest absolute Gasteiger partial charge is 0.250 e. The number of aryl methyl sites for hydroxylation is 1. The van der Waals surface area contributed by atoms with E-state index in [1.54, 1.807) is 16.8 Å². The molecule has 0 aliphatic heterocycles. The Hall–Kier alpha value is -1.62. The van der Waals surface area contributed by atoms with Crippen molar-refractivity contribution in [1.29, 1.82) is 0 Å². The van der Waals surface area contributed by atoms with Gasteiger partial charge in [-0.25, -0.2) is 0 Å². The van der Waals surface area contributed by atoms with Crippen molar-refractivity contribution in [3.05, 3.63) is 34.7 Å². The van der Waals surface area contributed by atoms with E-state index in [0.717, 1.165) is 25.9 Å². The summed E-state index contributed by atoms with van der Waals surface area (Å²) in [5.74, 6) is 0.0342. The molecule has 1 N–H and O–H groups in total. The topological polar surface area (TPSA) is 60.3 Å². The molecule has 2 saturated carbocycles. The van der Waals surface area contributed by atoms with Gasteiger partial charge >= 0.3 is 0 Å². The van der Waals surface area contributed by atoms with Crippen molar-refractivity contribution >= 4 is 5.91 Å². The first-order valence-corrected chi connectivity index (χ1v) is 8.72. The second-order valence-corrected chi connectivity index (χ2v) is 6.72. The average Bonchev–Trinajstić information content (AvgIpc) is 3.06. The molecule has 0 radical (unpaired) electrons. The molecule has 2 aliphatic carbocycles. The molecule has 3 rings (SSSR count). The molecule has 126 valence electrons. The van der Waals surface area contributed by atoms with Crippen molar-refractivity contribution in [2.75, 3.05) is 6.61 Å². The second kappa shape index (κ2) is 6.87. The van der Waals surface area contributed by atoms with Gasteiger partial charge in [-0.3, -0.25) is 9.59 Å². The van der Waals surface area contributed by atoms with Gasteiger partial charge in [0.25, 0.3) is 5.56 Å². The number of amides is 1. The highest BCUT2D eigenvalue weighted by Gasteiger charge is 2.57. The SMILES string of the molecule is CCO[C@@H]1C[C@H](NC(=O)CCn2ccccc2=O)C12CCCC2. The normalized spacial score (nSPS) is 25.3. The summed E-state index contributed by atoms with van der Waals surface area (Å²) in [6.07, 6.45) is 8.06. The summed E-state index contributed by atoms with van der Waals surface area (Å²) < 4.78 is 7.45. The molecule has 1 spiro atoms. The predicted octanol–water partition coefficient (Wildman–Crippen LogP) is 2.09. The lowest BCUT2D eigenvalue weighted by atomic mass is 9.60. The molecule has 1 aromatic heterocycles. The largest absolute Gasteiger partial charge is 0.378 e. The molecule has 1 heterocycles. The summed E-state index contributed by atoms with van der Waals surface area (Å²) in [7, 11) is 0. The Morgan fingerprint density at radius 2 is 2.17 bits per heavy atom. The van der Waals surface area contributed by atoms with Crippen molar-refractivity contribution in [3.8, 4) is 0 Å². The Bertz CT molecular complexity index is 604. The number of carbonyl (C=O) groups excluding carboxylic acids is 1. The Morgan fingerprint density at radius 3 is 2.87 bits per heavy atom. The monoisotopic (exact) mass is 318 g/mol. The maximum Gasteiger partial charge on any atom is 0.250 e. The lowest BCUT2D eigenvalue weighted by Crippen LogP contribution is -2.63. The van der Waals surface area contributed by atoms with Crippen LogP contribution in [-0.2, 0) is 16.1 Å². The van der Waals surface area contributed by atoms with E-state index in [2.05, 4.69) is 5.32 Å². The molecule has 2 aliphatic rings. The van der Waals surface area contributed by atoms with Crippen LogP contribution in [0.5, 0.6) is 0 Å². The van der Waals surface area contributed by atoms with Gasteiger partial charge in [0.15, 0.2) is 0 Å². The number of hydrogen-bond acceptors (Lipinski definition) is 3. The zero-order valence-electron chi connectivity index (χ0n) is 13.8. The number of carbonyl (C=O) groups is 1. The summed E-state index contributed by atoms with van der Waals surface area (Å²) in [5, 5.41) is 3.19. The van der Waals surface area contributed by atoms with E-state index in [9.17, 15) is 9.59 Å². The molecule has 0 aromatic carbocycles. The van der Waals surface area contributed by atoms with Crippen molar-refractivity contribution < 1.29 is 9.53 Å². The highest BCUT2D eigenvalue weighted by molar-refractivity contribution is 5.76. The fourth-order valence-corrected chi connectivity index (χ4v) is 4.22. The first-order chi connectivity index (χ1) is 11.2. The van der Waals surface area contributed by atoms with Crippen LogP contribution in [0.4, 0.5) is 0 Å². The van der Waals surface area contributed by atoms with Crippen LogP contribution in [0.3, 0.4) is 0 Å². The Kier molecular flexibility index (Phi) is 4.85. The number of nitrogens with zero attached hydrogens (tertiary/aromatic N) is 1. The molecule has 2 fully saturated rings. The minimum Gasteiger partial charge on any atom is -0.378 e. The number of pyridine rings is 1. The van der Waals surface area contributed by atoms with Gasteiger partial charge in [0, 0.05) is 43.3 Å². The lowest BCUT2D eigenvalue weighted by Gasteiger charge is -2.54.